The molecule has 128 valence electrons. The van der Waals surface area contributed by atoms with E-state index >= 15 is 0 Å². The van der Waals surface area contributed by atoms with Gasteiger partial charge in [0.25, 0.3) is 5.91 Å². The number of nitriles is 1. The van der Waals surface area contributed by atoms with Crippen LogP contribution in [-0.4, -0.2) is 35.1 Å². The summed E-state index contributed by atoms with van der Waals surface area (Å²) in [5.41, 5.74) is 2.03. The quantitative estimate of drug-likeness (QED) is 0.911. The molecule has 0 bridgehead atoms. The van der Waals surface area contributed by atoms with E-state index in [-0.39, 0.29) is 18.6 Å². The van der Waals surface area contributed by atoms with Gasteiger partial charge in [-0.3, -0.25) is 4.79 Å². The predicted octanol–water partition coefficient (Wildman–Crippen LogP) is 2.73. The molecule has 1 fully saturated rings. The van der Waals surface area contributed by atoms with Crippen molar-refractivity contribution < 1.29 is 14.6 Å². The maximum atomic E-state index is 12.7. The fraction of sp³-hybridized carbons (Fsp3) is 0.300. The molecule has 0 unspecified atom stereocenters. The van der Waals surface area contributed by atoms with Gasteiger partial charge in [-0.2, -0.15) is 5.26 Å². The lowest BCUT2D eigenvalue weighted by atomic mass is 10.1. The Labute approximate surface area is 147 Å². The Kier molecular flexibility index (Phi) is 5.32. The number of rotatable bonds is 5. The van der Waals surface area contributed by atoms with Gasteiger partial charge in [-0.25, -0.2) is 0 Å². The number of amides is 1. The van der Waals surface area contributed by atoms with Crippen molar-refractivity contribution in [1.82, 2.24) is 4.90 Å². The molecule has 1 amide bonds. The fourth-order valence-corrected chi connectivity index (χ4v) is 3.07. The summed E-state index contributed by atoms with van der Waals surface area (Å²) in [4.78, 5) is 14.4. The molecule has 1 aliphatic rings. The van der Waals surface area contributed by atoms with Gasteiger partial charge in [0, 0.05) is 12.1 Å². The molecule has 5 heteroatoms. The average Bonchev–Trinajstić information content (AvgIpc) is 3.15. The second-order valence-electron chi connectivity index (χ2n) is 6.11. The zero-order valence-electron chi connectivity index (χ0n) is 13.9. The minimum atomic E-state index is -0.0823. The highest BCUT2D eigenvalue weighted by atomic mass is 16.5. The largest absolute Gasteiger partial charge is 0.489 e. The number of hydrogen-bond donors (Lipinski definition) is 1. The third-order valence-corrected chi connectivity index (χ3v) is 4.39. The van der Waals surface area contributed by atoms with Crippen molar-refractivity contribution in [2.75, 3.05) is 13.2 Å². The number of carbonyl (C=O) groups excluding carboxylic acids is 1. The molecule has 0 radical (unpaired) electrons. The van der Waals surface area contributed by atoms with E-state index in [9.17, 15) is 9.90 Å². The van der Waals surface area contributed by atoms with Gasteiger partial charge >= 0.3 is 0 Å². The normalized spacial score (nSPS) is 16.5. The SMILES string of the molecule is N#Cc1cccc(OCc2cccc(C(=O)N3CCC[C@@H]3CO)c2)c1. The summed E-state index contributed by atoms with van der Waals surface area (Å²) in [5.74, 6) is 0.570. The average molecular weight is 336 g/mol. The van der Waals surface area contributed by atoms with Crippen LogP contribution in [0.4, 0.5) is 0 Å². The fourth-order valence-electron chi connectivity index (χ4n) is 3.07. The van der Waals surface area contributed by atoms with Crippen molar-refractivity contribution in [3.05, 3.63) is 65.2 Å². The summed E-state index contributed by atoms with van der Waals surface area (Å²) in [7, 11) is 0. The maximum Gasteiger partial charge on any atom is 0.254 e. The Morgan fingerprint density at radius 3 is 2.92 bits per heavy atom. The smallest absolute Gasteiger partial charge is 0.254 e. The third kappa shape index (κ3) is 3.98. The first kappa shape index (κ1) is 17.0. The van der Waals surface area contributed by atoms with Gasteiger partial charge in [-0.1, -0.05) is 18.2 Å². The van der Waals surface area contributed by atoms with Crippen LogP contribution in [0.2, 0.25) is 0 Å². The van der Waals surface area contributed by atoms with Crippen LogP contribution in [0, 0.1) is 11.3 Å². The zero-order valence-corrected chi connectivity index (χ0v) is 13.9. The van der Waals surface area contributed by atoms with E-state index in [0.717, 1.165) is 18.4 Å². The monoisotopic (exact) mass is 336 g/mol. The molecule has 1 heterocycles. The van der Waals surface area contributed by atoms with Crippen molar-refractivity contribution in [2.24, 2.45) is 0 Å². The van der Waals surface area contributed by atoms with E-state index in [1.807, 2.05) is 18.2 Å². The number of aliphatic hydroxyl groups excluding tert-OH is 1. The standard InChI is InChI=1S/C20H20N2O3/c21-12-15-4-2-8-19(11-15)25-14-16-5-1-6-17(10-16)20(24)22-9-3-7-18(22)13-23/h1-2,4-6,8,10-11,18,23H,3,7,9,13-14H2/t18-/m1/s1. The lowest BCUT2D eigenvalue weighted by Gasteiger charge is -2.23. The van der Waals surface area contributed by atoms with Crippen molar-refractivity contribution in [3.8, 4) is 11.8 Å². The van der Waals surface area contributed by atoms with Crippen molar-refractivity contribution in [3.63, 3.8) is 0 Å². The van der Waals surface area contributed by atoms with Gasteiger partial charge in [-0.05, 0) is 48.7 Å². The van der Waals surface area contributed by atoms with Gasteiger partial charge in [0.05, 0.1) is 24.3 Å². The van der Waals surface area contributed by atoms with Crippen molar-refractivity contribution in [1.29, 1.82) is 5.26 Å². The molecular formula is C20H20N2O3. The van der Waals surface area contributed by atoms with Crippen LogP contribution in [0.25, 0.3) is 0 Å². The second-order valence-corrected chi connectivity index (χ2v) is 6.11. The number of nitrogens with zero attached hydrogens (tertiary/aromatic N) is 2. The Hall–Kier alpha value is -2.84. The number of aliphatic hydroxyl groups is 1. The van der Waals surface area contributed by atoms with Crippen LogP contribution >= 0.6 is 0 Å². The Bertz CT molecular complexity index is 798. The Balaban J connectivity index is 1.69. The Morgan fingerprint density at radius 1 is 1.28 bits per heavy atom. The van der Waals surface area contributed by atoms with Crippen molar-refractivity contribution in [2.45, 2.75) is 25.5 Å². The number of ether oxygens (including phenoxy) is 1. The van der Waals surface area contributed by atoms with Gasteiger partial charge in [0.1, 0.15) is 12.4 Å². The molecule has 25 heavy (non-hydrogen) atoms. The van der Waals surface area contributed by atoms with Crippen LogP contribution in [0.15, 0.2) is 48.5 Å². The van der Waals surface area contributed by atoms with E-state index in [1.165, 1.54) is 0 Å². The molecule has 0 aliphatic carbocycles. The minimum Gasteiger partial charge on any atom is -0.489 e. The predicted molar refractivity (Wildman–Crippen MR) is 93.1 cm³/mol. The molecule has 1 aliphatic heterocycles. The van der Waals surface area contributed by atoms with E-state index in [2.05, 4.69) is 6.07 Å². The molecule has 1 N–H and O–H groups in total. The van der Waals surface area contributed by atoms with E-state index < -0.39 is 0 Å². The number of hydrogen-bond acceptors (Lipinski definition) is 4. The van der Waals surface area contributed by atoms with Crippen LogP contribution in [0.5, 0.6) is 5.75 Å². The van der Waals surface area contributed by atoms with Crippen LogP contribution < -0.4 is 4.74 Å². The van der Waals surface area contributed by atoms with E-state index in [0.29, 0.717) is 30.0 Å². The molecule has 0 aromatic heterocycles. The van der Waals surface area contributed by atoms with Crippen LogP contribution in [0.1, 0.15) is 34.3 Å². The summed E-state index contributed by atoms with van der Waals surface area (Å²) in [6.07, 6.45) is 1.77. The van der Waals surface area contributed by atoms with E-state index in [1.54, 1.807) is 35.2 Å². The molecule has 0 saturated carbocycles. The lowest BCUT2D eigenvalue weighted by Crippen LogP contribution is -2.37. The van der Waals surface area contributed by atoms with Gasteiger partial charge in [-0.15, -0.1) is 0 Å². The number of carbonyl (C=O) groups is 1. The number of benzene rings is 2. The van der Waals surface area contributed by atoms with Crippen LogP contribution in [0.3, 0.4) is 0 Å². The second kappa shape index (κ2) is 7.82. The van der Waals surface area contributed by atoms with E-state index in [4.69, 9.17) is 10.00 Å². The summed E-state index contributed by atoms with van der Waals surface area (Å²) in [6.45, 7) is 1.01. The zero-order chi connectivity index (χ0) is 17.6. The molecular weight excluding hydrogens is 316 g/mol. The van der Waals surface area contributed by atoms with Crippen LogP contribution in [-0.2, 0) is 6.61 Å². The molecule has 2 aromatic rings. The highest BCUT2D eigenvalue weighted by molar-refractivity contribution is 5.94. The highest BCUT2D eigenvalue weighted by Crippen LogP contribution is 2.21. The molecule has 2 aromatic carbocycles. The minimum absolute atomic E-state index is 0.00375. The lowest BCUT2D eigenvalue weighted by molar-refractivity contribution is 0.0677. The third-order valence-electron chi connectivity index (χ3n) is 4.39. The highest BCUT2D eigenvalue weighted by Gasteiger charge is 2.28. The summed E-state index contributed by atoms with van der Waals surface area (Å²) < 4.78 is 5.72. The van der Waals surface area contributed by atoms with Gasteiger partial charge < -0.3 is 14.7 Å². The summed E-state index contributed by atoms with van der Waals surface area (Å²) in [5, 5.41) is 18.3. The first-order chi connectivity index (χ1) is 12.2. The maximum absolute atomic E-state index is 12.7. The van der Waals surface area contributed by atoms with Crippen molar-refractivity contribution >= 4 is 5.91 Å². The topological polar surface area (TPSA) is 73.6 Å². The first-order valence-corrected chi connectivity index (χ1v) is 8.35. The Morgan fingerprint density at radius 2 is 2.12 bits per heavy atom. The summed E-state index contributed by atoms with van der Waals surface area (Å²) in [6, 6.07) is 16.3. The molecule has 1 saturated heterocycles. The number of likely N-dealkylation sites (tertiary alicyclic amines) is 1. The molecule has 1 atom stereocenters. The van der Waals surface area contributed by atoms with Gasteiger partial charge in [0.2, 0.25) is 0 Å². The molecule has 0 spiro atoms. The first-order valence-electron chi connectivity index (χ1n) is 8.35. The molecule has 5 nitrogen and oxygen atoms in total. The summed E-state index contributed by atoms with van der Waals surface area (Å²) >= 11 is 0. The van der Waals surface area contributed by atoms with Gasteiger partial charge in [0.15, 0.2) is 0 Å². The molecule has 3 rings (SSSR count).